The zero-order valence-corrected chi connectivity index (χ0v) is 18.7. The van der Waals surface area contributed by atoms with Gasteiger partial charge in [-0.25, -0.2) is 4.79 Å². The Morgan fingerprint density at radius 1 is 1.06 bits per heavy atom. The molecular formula is C24H31N3O4. The summed E-state index contributed by atoms with van der Waals surface area (Å²) in [6.07, 6.45) is 1.51. The lowest BCUT2D eigenvalue weighted by molar-refractivity contribution is -0.132. The lowest BCUT2D eigenvalue weighted by atomic mass is 9.81. The minimum atomic E-state index is -0.633. The van der Waals surface area contributed by atoms with E-state index >= 15 is 0 Å². The first-order valence-electron chi connectivity index (χ1n) is 10.5. The number of hydrogen-bond donors (Lipinski definition) is 2. The van der Waals surface area contributed by atoms with Gasteiger partial charge in [0, 0.05) is 43.5 Å². The number of ether oxygens (including phenoxy) is 2. The Hall–Kier alpha value is -3.22. The molecule has 2 N–H and O–H groups in total. The maximum absolute atomic E-state index is 13.0. The average molecular weight is 426 g/mol. The van der Waals surface area contributed by atoms with Gasteiger partial charge in [-0.15, -0.1) is 0 Å². The maximum Gasteiger partial charge on any atom is 0.321 e. The van der Waals surface area contributed by atoms with Crippen LogP contribution in [0.1, 0.15) is 30.9 Å². The monoisotopic (exact) mass is 425 g/mol. The summed E-state index contributed by atoms with van der Waals surface area (Å²) in [5.74, 6) is 1.15. The molecule has 0 saturated carbocycles. The standard InChI is InChI=1S/C24H31N3O4/c1-17-6-8-18(9-7-17)15-25-22(28)24(2)10-5-11-27(16-24)23(29)26-19-12-20(30-3)14-21(13-19)31-4/h6-9,12-14H,5,10-11,15-16H2,1-4H3,(H,25,28)(H,26,29)/t24-/m1/s1. The van der Waals surface area contributed by atoms with Gasteiger partial charge in [0.25, 0.3) is 0 Å². The van der Waals surface area contributed by atoms with Crippen LogP contribution in [0.4, 0.5) is 10.5 Å². The number of aryl methyl sites for hydroxylation is 1. The molecule has 2 aromatic rings. The average Bonchev–Trinajstić information content (AvgIpc) is 2.78. The summed E-state index contributed by atoms with van der Waals surface area (Å²) in [4.78, 5) is 27.5. The number of carbonyl (C=O) groups excluding carboxylic acids is 2. The Morgan fingerprint density at radius 3 is 2.32 bits per heavy atom. The number of nitrogens with one attached hydrogen (secondary N) is 2. The number of amides is 3. The minimum Gasteiger partial charge on any atom is -0.497 e. The molecule has 1 fully saturated rings. The first kappa shape index (κ1) is 22.5. The number of urea groups is 1. The molecule has 0 radical (unpaired) electrons. The molecule has 0 spiro atoms. The number of anilines is 1. The van der Waals surface area contributed by atoms with Gasteiger partial charge in [-0.1, -0.05) is 29.8 Å². The number of nitrogens with zero attached hydrogens (tertiary/aromatic N) is 1. The number of hydrogen-bond acceptors (Lipinski definition) is 4. The molecular weight excluding hydrogens is 394 g/mol. The van der Waals surface area contributed by atoms with Crippen LogP contribution in [0.2, 0.25) is 0 Å². The predicted molar refractivity (Wildman–Crippen MR) is 121 cm³/mol. The summed E-state index contributed by atoms with van der Waals surface area (Å²) in [7, 11) is 3.12. The van der Waals surface area contributed by atoms with Crippen molar-refractivity contribution in [1.29, 1.82) is 0 Å². The summed E-state index contributed by atoms with van der Waals surface area (Å²) >= 11 is 0. The molecule has 1 aliphatic heterocycles. The van der Waals surface area contributed by atoms with Crippen molar-refractivity contribution in [3.05, 3.63) is 53.6 Å². The molecule has 2 aromatic carbocycles. The van der Waals surface area contributed by atoms with E-state index in [9.17, 15) is 9.59 Å². The Balaban J connectivity index is 1.62. The third-order valence-electron chi connectivity index (χ3n) is 5.71. The van der Waals surface area contributed by atoms with Gasteiger partial charge in [0.1, 0.15) is 11.5 Å². The fourth-order valence-electron chi connectivity index (χ4n) is 3.78. The number of piperidine rings is 1. The van der Waals surface area contributed by atoms with E-state index < -0.39 is 5.41 Å². The van der Waals surface area contributed by atoms with Crippen LogP contribution in [0.25, 0.3) is 0 Å². The second kappa shape index (κ2) is 9.73. The van der Waals surface area contributed by atoms with Crippen molar-refractivity contribution in [2.45, 2.75) is 33.2 Å². The van der Waals surface area contributed by atoms with Crippen LogP contribution in [-0.2, 0) is 11.3 Å². The lowest BCUT2D eigenvalue weighted by Crippen LogP contribution is -2.52. The normalized spacial score (nSPS) is 18.3. The van der Waals surface area contributed by atoms with E-state index in [4.69, 9.17) is 9.47 Å². The summed E-state index contributed by atoms with van der Waals surface area (Å²) in [5, 5.41) is 5.93. The molecule has 3 amide bonds. The number of methoxy groups -OCH3 is 2. The van der Waals surface area contributed by atoms with Gasteiger partial charge in [-0.05, 0) is 32.3 Å². The Kier molecular flexibility index (Phi) is 7.05. The van der Waals surface area contributed by atoms with Crippen molar-refractivity contribution < 1.29 is 19.1 Å². The molecule has 1 saturated heterocycles. The number of likely N-dealkylation sites (tertiary alicyclic amines) is 1. The molecule has 0 unspecified atom stereocenters. The fraction of sp³-hybridized carbons (Fsp3) is 0.417. The topological polar surface area (TPSA) is 79.9 Å². The molecule has 1 atom stereocenters. The van der Waals surface area contributed by atoms with Gasteiger partial charge < -0.3 is 25.0 Å². The van der Waals surface area contributed by atoms with Crippen molar-refractivity contribution in [2.24, 2.45) is 5.41 Å². The van der Waals surface area contributed by atoms with Crippen molar-refractivity contribution >= 4 is 17.6 Å². The highest BCUT2D eigenvalue weighted by Gasteiger charge is 2.39. The SMILES string of the molecule is COc1cc(NC(=O)N2CCC[C@@](C)(C(=O)NCc3ccc(C)cc3)C2)cc(OC)c1. The Bertz CT molecular complexity index is 907. The lowest BCUT2D eigenvalue weighted by Gasteiger charge is -2.39. The van der Waals surface area contributed by atoms with E-state index in [0.717, 1.165) is 18.4 Å². The molecule has 7 heteroatoms. The molecule has 31 heavy (non-hydrogen) atoms. The van der Waals surface area contributed by atoms with Gasteiger partial charge in [0.15, 0.2) is 0 Å². The molecule has 7 nitrogen and oxygen atoms in total. The van der Waals surface area contributed by atoms with Crippen LogP contribution in [0.15, 0.2) is 42.5 Å². The first-order chi connectivity index (χ1) is 14.8. The van der Waals surface area contributed by atoms with Crippen LogP contribution < -0.4 is 20.1 Å². The highest BCUT2D eigenvalue weighted by atomic mass is 16.5. The molecule has 1 heterocycles. The summed E-state index contributed by atoms with van der Waals surface area (Å²) in [6, 6.07) is 13.1. The second-order valence-electron chi connectivity index (χ2n) is 8.29. The predicted octanol–water partition coefficient (Wildman–Crippen LogP) is 3.96. The van der Waals surface area contributed by atoms with Gasteiger partial charge >= 0.3 is 6.03 Å². The number of carbonyl (C=O) groups is 2. The Labute approximate surface area is 183 Å². The fourth-order valence-corrected chi connectivity index (χ4v) is 3.78. The van der Waals surface area contributed by atoms with E-state index in [-0.39, 0.29) is 11.9 Å². The third kappa shape index (κ3) is 5.69. The molecule has 3 rings (SSSR count). The van der Waals surface area contributed by atoms with Crippen LogP contribution in [0.3, 0.4) is 0 Å². The first-order valence-corrected chi connectivity index (χ1v) is 10.5. The molecule has 0 bridgehead atoms. The van der Waals surface area contributed by atoms with Crippen LogP contribution in [0.5, 0.6) is 11.5 Å². The van der Waals surface area contributed by atoms with E-state index in [1.165, 1.54) is 5.56 Å². The van der Waals surface area contributed by atoms with Crippen molar-refractivity contribution in [3.63, 3.8) is 0 Å². The Morgan fingerprint density at radius 2 is 1.71 bits per heavy atom. The zero-order valence-electron chi connectivity index (χ0n) is 18.7. The van der Waals surface area contributed by atoms with Gasteiger partial charge in [-0.3, -0.25) is 4.79 Å². The summed E-state index contributed by atoms with van der Waals surface area (Å²) < 4.78 is 10.5. The summed E-state index contributed by atoms with van der Waals surface area (Å²) in [5.41, 5.74) is 2.19. The highest BCUT2D eigenvalue weighted by molar-refractivity contribution is 5.91. The van der Waals surface area contributed by atoms with Gasteiger partial charge in [-0.2, -0.15) is 0 Å². The molecule has 166 valence electrons. The molecule has 0 aromatic heterocycles. The smallest absolute Gasteiger partial charge is 0.321 e. The minimum absolute atomic E-state index is 0.0337. The largest absolute Gasteiger partial charge is 0.497 e. The van der Waals surface area contributed by atoms with E-state index in [2.05, 4.69) is 10.6 Å². The third-order valence-corrected chi connectivity index (χ3v) is 5.71. The van der Waals surface area contributed by atoms with Crippen LogP contribution in [0, 0.1) is 12.3 Å². The molecule has 1 aliphatic rings. The van der Waals surface area contributed by atoms with E-state index in [1.54, 1.807) is 37.3 Å². The van der Waals surface area contributed by atoms with E-state index in [0.29, 0.717) is 36.8 Å². The van der Waals surface area contributed by atoms with Gasteiger partial charge in [0.2, 0.25) is 5.91 Å². The van der Waals surface area contributed by atoms with Crippen LogP contribution in [-0.4, -0.2) is 44.1 Å². The van der Waals surface area contributed by atoms with Crippen molar-refractivity contribution in [2.75, 3.05) is 32.6 Å². The molecule has 0 aliphatic carbocycles. The zero-order chi connectivity index (χ0) is 22.4. The summed E-state index contributed by atoms with van der Waals surface area (Å²) in [6.45, 7) is 5.40. The maximum atomic E-state index is 13.0. The van der Waals surface area contributed by atoms with Crippen LogP contribution >= 0.6 is 0 Å². The number of benzene rings is 2. The van der Waals surface area contributed by atoms with Crippen molar-refractivity contribution in [1.82, 2.24) is 10.2 Å². The second-order valence-corrected chi connectivity index (χ2v) is 8.29. The van der Waals surface area contributed by atoms with E-state index in [1.807, 2.05) is 38.1 Å². The number of rotatable bonds is 6. The van der Waals surface area contributed by atoms with Crippen molar-refractivity contribution in [3.8, 4) is 11.5 Å². The quantitative estimate of drug-likeness (QED) is 0.734. The highest BCUT2D eigenvalue weighted by Crippen LogP contribution is 2.31. The van der Waals surface area contributed by atoms with Gasteiger partial charge in [0.05, 0.1) is 19.6 Å².